The molecule has 3 aromatic rings. The second-order valence-corrected chi connectivity index (χ2v) is 6.67. The number of nitrogens with zero attached hydrogens (tertiary/aromatic N) is 1. The van der Waals surface area contributed by atoms with Crippen LogP contribution in [0.4, 0.5) is 5.69 Å². The zero-order valence-corrected chi connectivity index (χ0v) is 15.1. The van der Waals surface area contributed by atoms with Gasteiger partial charge in [0, 0.05) is 35.3 Å². The molecule has 0 bridgehead atoms. The highest BCUT2D eigenvalue weighted by molar-refractivity contribution is 6.25. The molecule has 3 amide bonds. The molecule has 3 aromatic carbocycles. The Labute approximate surface area is 161 Å². The fraction of sp³-hybridized carbons (Fsp3) is 0.136. The second kappa shape index (κ2) is 7.15. The normalized spacial score (nSPS) is 13.1. The van der Waals surface area contributed by atoms with E-state index in [4.69, 9.17) is 5.73 Å². The number of anilines is 1. The third kappa shape index (κ3) is 2.99. The largest absolute Gasteiger partial charge is 0.398 e. The molecule has 0 spiro atoms. The summed E-state index contributed by atoms with van der Waals surface area (Å²) in [5.74, 6) is -0.870. The maximum absolute atomic E-state index is 12.8. The van der Waals surface area contributed by atoms with Gasteiger partial charge < -0.3 is 11.1 Å². The Balaban J connectivity index is 1.44. The van der Waals surface area contributed by atoms with Gasteiger partial charge in [0.15, 0.2) is 0 Å². The van der Waals surface area contributed by atoms with Crippen molar-refractivity contribution < 1.29 is 14.4 Å². The molecule has 0 unspecified atom stereocenters. The fourth-order valence-corrected chi connectivity index (χ4v) is 3.52. The number of rotatable bonds is 5. The van der Waals surface area contributed by atoms with Gasteiger partial charge in [-0.05, 0) is 36.1 Å². The molecule has 0 aliphatic carbocycles. The van der Waals surface area contributed by atoms with Crippen LogP contribution in [0.15, 0.2) is 60.7 Å². The summed E-state index contributed by atoms with van der Waals surface area (Å²) < 4.78 is 0. The predicted octanol–water partition coefficient (Wildman–Crippen LogP) is 2.84. The number of carbonyl (C=O) groups is 3. The quantitative estimate of drug-likeness (QED) is 0.409. The van der Waals surface area contributed by atoms with E-state index in [1.54, 1.807) is 36.4 Å². The van der Waals surface area contributed by atoms with Gasteiger partial charge >= 0.3 is 0 Å². The summed E-state index contributed by atoms with van der Waals surface area (Å²) in [5.41, 5.74) is 7.69. The van der Waals surface area contributed by atoms with E-state index in [-0.39, 0.29) is 24.3 Å². The number of hydrogen-bond acceptors (Lipinski definition) is 4. The van der Waals surface area contributed by atoms with Crippen molar-refractivity contribution in [2.24, 2.45) is 0 Å². The first-order valence-corrected chi connectivity index (χ1v) is 9.08. The lowest BCUT2D eigenvalue weighted by molar-refractivity contribution is 0.0609. The van der Waals surface area contributed by atoms with Gasteiger partial charge in [-0.15, -0.1) is 0 Å². The summed E-state index contributed by atoms with van der Waals surface area (Å²) in [7, 11) is 0. The van der Waals surface area contributed by atoms with E-state index < -0.39 is 0 Å². The van der Waals surface area contributed by atoms with Crippen molar-refractivity contribution in [1.82, 2.24) is 10.2 Å². The number of nitrogens with one attached hydrogen (secondary N) is 1. The van der Waals surface area contributed by atoms with Crippen LogP contribution in [0.25, 0.3) is 10.8 Å². The highest BCUT2D eigenvalue weighted by Gasteiger charge is 2.32. The molecule has 0 fully saturated rings. The number of nitrogen functional groups attached to an aromatic ring is 1. The van der Waals surface area contributed by atoms with Crippen LogP contribution in [-0.4, -0.2) is 35.7 Å². The average molecular weight is 373 g/mol. The molecule has 1 aliphatic heterocycles. The maximum atomic E-state index is 12.8. The second-order valence-electron chi connectivity index (χ2n) is 6.67. The molecule has 0 radical (unpaired) electrons. The minimum absolute atomic E-state index is 0.229. The molecule has 28 heavy (non-hydrogen) atoms. The minimum Gasteiger partial charge on any atom is -0.398 e. The molecule has 1 heterocycles. The highest BCUT2D eigenvalue weighted by atomic mass is 16.2. The molecule has 4 rings (SSSR count). The van der Waals surface area contributed by atoms with Gasteiger partial charge in [0.1, 0.15) is 0 Å². The summed E-state index contributed by atoms with van der Waals surface area (Å²) in [6, 6.07) is 17.7. The van der Waals surface area contributed by atoms with Gasteiger partial charge in [-0.25, -0.2) is 0 Å². The van der Waals surface area contributed by atoms with E-state index in [9.17, 15) is 14.4 Å². The first-order chi connectivity index (χ1) is 13.6. The summed E-state index contributed by atoms with van der Waals surface area (Å²) >= 11 is 0. The van der Waals surface area contributed by atoms with E-state index in [0.717, 1.165) is 5.39 Å². The summed E-state index contributed by atoms with van der Waals surface area (Å²) in [6.45, 7) is 0.559. The molecular weight excluding hydrogens is 354 g/mol. The van der Waals surface area contributed by atoms with Crippen LogP contribution in [-0.2, 0) is 0 Å². The molecule has 0 aromatic heterocycles. The van der Waals surface area contributed by atoms with E-state index in [1.807, 2.05) is 24.3 Å². The van der Waals surface area contributed by atoms with Crippen LogP contribution in [0.1, 0.15) is 37.5 Å². The van der Waals surface area contributed by atoms with Crippen molar-refractivity contribution in [1.29, 1.82) is 0 Å². The minimum atomic E-state index is -0.298. The smallest absolute Gasteiger partial charge is 0.261 e. The Morgan fingerprint density at radius 2 is 1.54 bits per heavy atom. The van der Waals surface area contributed by atoms with Crippen LogP contribution in [0.3, 0.4) is 0 Å². The Kier molecular flexibility index (Phi) is 4.53. The van der Waals surface area contributed by atoms with E-state index in [0.29, 0.717) is 40.7 Å². The topological polar surface area (TPSA) is 92.5 Å². The molecule has 0 atom stereocenters. The van der Waals surface area contributed by atoms with Crippen LogP contribution >= 0.6 is 0 Å². The van der Waals surface area contributed by atoms with Gasteiger partial charge in [-0.1, -0.05) is 36.4 Å². The zero-order valence-electron chi connectivity index (χ0n) is 15.1. The Bertz CT molecular complexity index is 1060. The number of amides is 3. The number of para-hydroxylation sites is 1. The lowest BCUT2D eigenvalue weighted by Crippen LogP contribution is -2.41. The summed E-state index contributed by atoms with van der Waals surface area (Å²) in [6.07, 6.45) is 0.452. The molecule has 6 heteroatoms. The molecule has 0 saturated heterocycles. The van der Waals surface area contributed by atoms with Gasteiger partial charge in [-0.3, -0.25) is 19.3 Å². The average Bonchev–Trinajstić information content (AvgIpc) is 2.71. The number of carbonyl (C=O) groups excluding carboxylic acids is 3. The van der Waals surface area contributed by atoms with E-state index >= 15 is 0 Å². The van der Waals surface area contributed by atoms with E-state index in [1.165, 1.54) is 4.90 Å². The van der Waals surface area contributed by atoms with Gasteiger partial charge in [0.25, 0.3) is 17.7 Å². The van der Waals surface area contributed by atoms with Crippen molar-refractivity contribution >= 4 is 34.2 Å². The lowest BCUT2D eigenvalue weighted by Gasteiger charge is -2.27. The Morgan fingerprint density at radius 3 is 2.18 bits per heavy atom. The summed E-state index contributed by atoms with van der Waals surface area (Å²) in [5, 5.41) is 4.37. The SMILES string of the molecule is Nc1ccccc1C(=O)NCCCN1C(=O)c2cccc3cccc(c23)C1=O. The number of imide groups is 1. The summed E-state index contributed by atoms with van der Waals surface area (Å²) in [4.78, 5) is 39.1. The van der Waals surface area contributed by atoms with Gasteiger partial charge in [0.05, 0.1) is 5.56 Å². The van der Waals surface area contributed by atoms with Crippen molar-refractivity contribution in [2.75, 3.05) is 18.8 Å². The molecule has 1 aliphatic rings. The van der Waals surface area contributed by atoms with Gasteiger partial charge in [-0.2, -0.15) is 0 Å². The van der Waals surface area contributed by atoms with Crippen molar-refractivity contribution in [3.8, 4) is 0 Å². The van der Waals surface area contributed by atoms with Gasteiger partial charge in [0.2, 0.25) is 0 Å². The standard InChI is InChI=1S/C22H19N3O3/c23-18-11-2-1-8-15(18)20(26)24-12-5-13-25-21(27)16-9-3-6-14-7-4-10-17(19(14)16)22(25)28/h1-4,6-11H,5,12-13,23H2,(H,24,26). The molecular formula is C22H19N3O3. The lowest BCUT2D eigenvalue weighted by atomic mass is 9.94. The van der Waals surface area contributed by atoms with Crippen LogP contribution < -0.4 is 11.1 Å². The fourth-order valence-electron chi connectivity index (χ4n) is 3.52. The van der Waals surface area contributed by atoms with Crippen LogP contribution in [0.2, 0.25) is 0 Å². The molecule has 0 saturated carbocycles. The van der Waals surface area contributed by atoms with Crippen molar-refractivity contribution in [3.63, 3.8) is 0 Å². The maximum Gasteiger partial charge on any atom is 0.261 e. The Hall–Kier alpha value is -3.67. The first-order valence-electron chi connectivity index (χ1n) is 9.08. The number of nitrogens with two attached hydrogens (primary N) is 1. The van der Waals surface area contributed by atoms with Crippen molar-refractivity contribution in [3.05, 3.63) is 77.4 Å². The third-order valence-electron chi connectivity index (χ3n) is 4.91. The first kappa shape index (κ1) is 17.7. The molecule has 6 nitrogen and oxygen atoms in total. The highest BCUT2D eigenvalue weighted by Crippen LogP contribution is 2.29. The van der Waals surface area contributed by atoms with E-state index in [2.05, 4.69) is 5.32 Å². The molecule has 140 valence electrons. The molecule has 3 N–H and O–H groups in total. The third-order valence-corrected chi connectivity index (χ3v) is 4.91. The van der Waals surface area contributed by atoms with Crippen LogP contribution in [0.5, 0.6) is 0 Å². The monoisotopic (exact) mass is 373 g/mol. The van der Waals surface area contributed by atoms with Crippen molar-refractivity contribution in [2.45, 2.75) is 6.42 Å². The Morgan fingerprint density at radius 1 is 0.893 bits per heavy atom. The number of benzene rings is 3. The zero-order chi connectivity index (χ0) is 19.7. The number of hydrogen-bond donors (Lipinski definition) is 2. The van der Waals surface area contributed by atoms with Crippen LogP contribution in [0, 0.1) is 0 Å². The predicted molar refractivity (Wildman–Crippen MR) is 107 cm³/mol.